The van der Waals surface area contributed by atoms with Gasteiger partial charge in [0, 0.05) is 11.1 Å². The molecule has 0 amide bonds. The Labute approximate surface area is 177 Å². The average Bonchev–Trinajstić information content (AvgIpc) is 2.78. The standard InChI is InChI=1S/C20H18BN5O5/c1-30-15-8-12(9-16(31-2)17(15)21(28)29)11-23-26-20-24-18(13-6-4-3-5-7-13)14(10-22)19(27)25-20/h3-9,11,28-29H,1-2H3,(H2,24,25,26,27). The van der Waals surface area contributed by atoms with Crippen LogP contribution in [0.3, 0.4) is 0 Å². The summed E-state index contributed by atoms with van der Waals surface area (Å²) in [5.41, 5.74) is 3.37. The van der Waals surface area contributed by atoms with Crippen LogP contribution in [0.5, 0.6) is 11.5 Å². The molecule has 0 saturated carbocycles. The van der Waals surface area contributed by atoms with Crippen LogP contribution in [-0.4, -0.2) is 47.6 Å². The molecule has 156 valence electrons. The van der Waals surface area contributed by atoms with E-state index in [-0.39, 0.29) is 34.2 Å². The lowest BCUT2D eigenvalue weighted by molar-refractivity contribution is 0.385. The van der Waals surface area contributed by atoms with Crippen molar-refractivity contribution in [3.05, 3.63) is 63.9 Å². The van der Waals surface area contributed by atoms with Crippen LogP contribution in [0.1, 0.15) is 11.1 Å². The number of rotatable bonds is 7. The minimum absolute atomic E-state index is 0.0421. The van der Waals surface area contributed by atoms with E-state index in [1.54, 1.807) is 24.3 Å². The molecular formula is C20H18BN5O5. The van der Waals surface area contributed by atoms with Gasteiger partial charge in [0.15, 0.2) is 0 Å². The summed E-state index contributed by atoms with van der Waals surface area (Å²) < 4.78 is 10.4. The van der Waals surface area contributed by atoms with Crippen LogP contribution >= 0.6 is 0 Å². The Morgan fingerprint density at radius 2 is 1.84 bits per heavy atom. The number of nitrogens with zero attached hydrogens (tertiary/aromatic N) is 3. The van der Waals surface area contributed by atoms with Gasteiger partial charge in [0.25, 0.3) is 5.56 Å². The highest BCUT2D eigenvalue weighted by Gasteiger charge is 2.23. The highest BCUT2D eigenvalue weighted by atomic mass is 16.5. The predicted octanol–water partition coefficient (Wildman–Crippen LogP) is 0.452. The van der Waals surface area contributed by atoms with Crippen molar-refractivity contribution in [2.45, 2.75) is 0 Å². The second kappa shape index (κ2) is 9.58. The number of aromatic nitrogens is 2. The minimum atomic E-state index is -1.78. The van der Waals surface area contributed by atoms with E-state index >= 15 is 0 Å². The van der Waals surface area contributed by atoms with E-state index in [2.05, 4.69) is 20.5 Å². The summed E-state index contributed by atoms with van der Waals surface area (Å²) in [4.78, 5) is 19.0. The number of methoxy groups -OCH3 is 2. The van der Waals surface area contributed by atoms with Gasteiger partial charge in [-0.25, -0.2) is 10.4 Å². The minimum Gasteiger partial charge on any atom is -0.497 e. The van der Waals surface area contributed by atoms with E-state index in [9.17, 15) is 20.1 Å². The summed E-state index contributed by atoms with van der Waals surface area (Å²) in [7, 11) is 0.991. The van der Waals surface area contributed by atoms with E-state index in [4.69, 9.17) is 9.47 Å². The molecule has 10 nitrogen and oxygen atoms in total. The number of H-pyrrole nitrogens is 1. The van der Waals surface area contributed by atoms with Crippen molar-refractivity contribution in [3.8, 4) is 28.8 Å². The zero-order valence-electron chi connectivity index (χ0n) is 16.7. The molecule has 0 aliphatic carbocycles. The molecule has 0 spiro atoms. The third-order valence-electron chi connectivity index (χ3n) is 4.29. The van der Waals surface area contributed by atoms with Crippen molar-refractivity contribution in [3.63, 3.8) is 0 Å². The van der Waals surface area contributed by atoms with Crippen LogP contribution < -0.4 is 25.9 Å². The Morgan fingerprint density at radius 3 is 2.39 bits per heavy atom. The molecule has 2 aromatic carbocycles. The first kappa shape index (κ1) is 21.6. The zero-order chi connectivity index (χ0) is 22.4. The number of nitriles is 1. The number of aromatic amines is 1. The van der Waals surface area contributed by atoms with Crippen molar-refractivity contribution in [1.82, 2.24) is 9.97 Å². The van der Waals surface area contributed by atoms with Crippen LogP contribution in [0, 0.1) is 11.3 Å². The maximum atomic E-state index is 12.3. The van der Waals surface area contributed by atoms with Crippen molar-refractivity contribution < 1.29 is 19.5 Å². The smallest absolute Gasteiger partial charge is 0.496 e. The lowest BCUT2D eigenvalue weighted by Gasteiger charge is -2.13. The number of hydrogen-bond acceptors (Lipinski definition) is 9. The molecule has 0 saturated heterocycles. The van der Waals surface area contributed by atoms with E-state index in [1.807, 2.05) is 12.1 Å². The van der Waals surface area contributed by atoms with Gasteiger partial charge >= 0.3 is 7.12 Å². The van der Waals surface area contributed by atoms with Crippen LogP contribution in [0.25, 0.3) is 11.3 Å². The number of ether oxygens (including phenoxy) is 2. The van der Waals surface area contributed by atoms with Gasteiger partial charge in [-0.1, -0.05) is 30.3 Å². The Hall–Kier alpha value is -4.14. The lowest BCUT2D eigenvalue weighted by Crippen LogP contribution is -2.32. The van der Waals surface area contributed by atoms with Crippen LogP contribution in [0.15, 0.2) is 52.4 Å². The molecule has 0 unspecified atom stereocenters. The van der Waals surface area contributed by atoms with E-state index in [0.29, 0.717) is 11.1 Å². The molecule has 31 heavy (non-hydrogen) atoms. The fourth-order valence-electron chi connectivity index (χ4n) is 2.89. The summed E-state index contributed by atoms with van der Waals surface area (Å²) in [5, 5.41) is 32.4. The summed E-state index contributed by atoms with van der Waals surface area (Å²) in [5.74, 6) is 0.444. The molecule has 0 aliphatic rings. The third kappa shape index (κ3) is 4.72. The van der Waals surface area contributed by atoms with Crippen molar-refractivity contribution in [2.24, 2.45) is 5.10 Å². The molecule has 3 aromatic rings. The van der Waals surface area contributed by atoms with E-state index < -0.39 is 12.7 Å². The van der Waals surface area contributed by atoms with Crippen LogP contribution in [0.4, 0.5) is 5.95 Å². The Balaban J connectivity index is 1.92. The summed E-state index contributed by atoms with van der Waals surface area (Å²) in [6, 6.07) is 13.8. The highest BCUT2D eigenvalue weighted by Crippen LogP contribution is 2.21. The average molecular weight is 419 g/mol. The Bertz CT molecular complexity index is 1180. The van der Waals surface area contributed by atoms with Gasteiger partial charge in [-0.3, -0.25) is 9.78 Å². The predicted molar refractivity (Wildman–Crippen MR) is 116 cm³/mol. The van der Waals surface area contributed by atoms with Gasteiger partial charge in [-0.15, -0.1) is 0 Å². The number of hydrogen-bond donors (Lipinski definition) is 4. The quantitative estimate of drug-likeness (QED) is 0.245. The molecular weight excluding hydrogens is 401 g/mol. The molecule has 1 aromatic heterocycles. The highest BCUT2D eigenvalue weighted by molar-refractivity contribution is 6.61. The molecule has 1 heterocycles. The first-order valence-electron chi connectivity index (χ1n) is 8.99. The maximum absolute atomic E-state index is 12.3. The Kier molecular flexibility index (Phi) is 6.66. The summed E-state index contributed by atoms with van der Waals surface area (Å²) in [6.07, 6.45) is 1.40. The summed E-state index contributed by atoms with van der Waals surface area (Å²) >= 11 is 0. The second-order valence-electron chi connectivity index (χ2n) is 6.20. The monoisotopic (exact) mass is 419 g/mol. The topological polar surface area (TPSA) is 153 Å². The van der Waals surface area contributed by atoms with Gasteiger partial charge in [0.05, 0.1) is 31.6 Å². The number of nitrogens with one attached hydrogen (secondary N) is 2. The number of hydrazone groups is 1. The maximum Gasteiger partial charge on any atom is 0.496 e. The SMILES string of the molecule is COc1cc(C=NNc2nc(-c3ccccc3)c(C#N)c(=O)[nH]2)cc(OC)c1B(O)O. The zero-order valence-corrected chi connectivity index (χ0v) is 16.7. The molecule has 4 N–H and O–H groups in total. The van der Waals surface area contributed by atoms with Crippen molar-refractivity contribution >= 4 is 24.7 Å². The van der Waals surface area contributed by atoms with Crippen LogP contribution in [-0.2, 0) is 0 Å². The molecule has 3 rings (SSSR count). The fourth-order valence-corrected chi connectivity index (χ4v) is 2.89. The molecule has 11 heteroatoms. The first-order chi connectivity index (χ1) is 15.0. The number of benzene rings is 2. The van der Waals surface area contributed by atoms with Crippen LogP contribution in [0.2, 0.25) is 0 Å². The molecule has 0 bridgehead atoms. The number of anilines is 1. The van der Waals surface area contributed by atoms with Gasteiger partial charge in [-0.05, 0) is 12.1 Å². The van der Waals surface area contributed by atoms with Gasteiger partial charge in [0.1, 0.15) is 23.1 Å². The Morgan fingerprint density at radius 1 is 1.19 bits per heavy atom. The molecule has 0 fully saturated rings. The van der Waals surface area contributed by atoms with Gasteiger partial charge in [-0.2, -0.15) is 10.4 Å². The van der Waals surface area contributed by atoms with Gasteiger partial charge in [0.2, 0.25) is 5.95 Å². The molecule has 0 aliphatic heterocycles. The fraction of sp³-hybridized carbons (Fsp3) is 0.100. The van der Waals surface area contributed by atoms with Gasteiger partial charge < -0.3 is 19.5 Å². The third-order valence-corrected chi connectivity index (χ3v) is 4.29. The van der Waals surface area contributed by atoms with E-state index in [1.165, 1.54) is 32.6 Å². The molecule has 0 radical (unpaired) electrons. The second-order valence-corrected chi connectivity index (χ2v) is 6.20. The van der Waals surface area contributed by atoms with Crippen molar-refractivity contribution in [2.75, 3.05) is 19.6 Å². The summed E-state index contributed by atoms with van der Waals surface area (Å²) in [6.45, 7) is 0. The van der Waals surface area contributed by atoms with E-state index in [0.717, 1.165) is 0 Å². The lowest BCUT2D eigenvalue weighted by atomic mass is 9.78. The normalized spacial score (nSPS) is 10.5. The van der Waals surface area contributed by atoms with Crippen molar-refractivity contribution in [1.29, 1.82) is 5.26 Å². The largest absolute Gasteiger partial charge is 0.497 e. The molecule has 0 atom stereocenters. The first-order valence-corrected chi connectivity index (χ1v) is 8.99.